The van der Waals surface area contributed by atoms with Crippen molar-refractivity contribution in [3.05, 3.63) is 33.8 Å². The number of carbonyl (C=O) groups is 2. The van der Waals surface area contributed by atoms with Crippen molar-refractivity contribution in [2.24, 2.45) is 11.7 Å². The second kappa shape index (κ2) is 5.95. The van der Waals surface area contributed by atoms with Crippen LogP contribution in [0.2, 0.25) is 0 Å². The lowest BCUT2D eigenvalue weighted by Crippen LogP contribution is -2.48. The molecule has 5 heteroatoms. The summed E-state index contributed by atoms with van der Waals surface area (Å²) in [5, 5.41) is 0. The molecule has 2 amide bonds. The van der Waals surface area contributed by atoms with E-state index in [1.54, 1.807) is 4.90 Å². The molecule has 20 heavy (non-hydrogen) atoms. The molecule has 4 nitrogen and oxygen atoms in total. The van der Waals surface area contributed by atoms with Crippen LogP contribution in [0.1, 0.15) is 35.7 Å². The maximum absolute atomic E-state index is 12.7. The van der Waals surface area contributed by atoms with Gasteiger partial charge in [0.2, 0.25) is 5.91 Å². The number of nitrogens with zero attached hydrogens (tertiary/aromatic N) is 1. The van der Waals surface area contributed by atoms with Gasteiger partial charge >= 0.3 is 0 Å². The van der Waals surface area contributed by atoms with Crippen LogP contribution in [0.25, 0.3) is 0 Å². The molecule has 1 fully saturated rings. The molecule has 1 aromatic carbocycles. The van der Waals surface area contributed by atoms with Gasteiger partial charge in [-0.05, 0) is 50.5 Å². The number of likely N-dealkylation sites (tertiary alicyclic amines) is 1. The van der Waals surface area contributed by atoms with Gasteiger partial charge in [-0.3, -0.25) is 9.59 Å². The van der Waals surface area contributed by atoms with Gasteiger partial charge in [0.1, 0.15) is 0 Å². The first-order valence-electron chi connectivity index (χ1n) is 6.76. The molecular weight excluding hydrogens is 320 g/mol. The minimum absolute atomic E-state index is 0.0200. The Balaban J connectivity index is 2.24. The molecule has 2 unspecified atom stereocenters. The number of nitrogens with two attached hydrogens (primary N) is 1. The summed E-state index contributed by atoms with van der Waals surface area (Å²) in [5.74, 6) is -0.568. The van der Waals surface area contributed by atoms with E-state index >= 15 is 0 Å². The number of hydrogen-bond acceptors (Lipinski definition) is 2. The van der Waals surface area contributed by atoms with Crippen LogP contribution < -0.4 is 5.73 Å². The molecule has 0 saturated carbocycles. The fraction of sp³-hybridized carbons (Fsp3) is 0.467. The van der Waals surface area contributed by atoms with Crippen LogP contribution in [-0.2, 0) is 4.79 Å². The summed E-state index contributed by atoms with van der Waals surface area (Å²) < 4.78 is 0.952. The summed E-state index contributed by atoms with van der Waals surface area (Å²) in [4.78, 5) is 25.8. The molecule has 0 bridgehead atoms. The molecule has 108 valence electrons. The molecule has 0 aliphatic carbocycles. The first-order valence-corrected chi connectivity index (χ1v) is 7.56. The molecule has 2 atom stereocenters. The topological polar surface area (TPSA) is 63.4 Å². The summed E-state index contributed by atoms with van der Waals surface area (Å²) in [6, 6.07) is 5.75. The predicted octanol–water partition coefficient (Wildman–Crippen LogP) is 2.48. The van der Waals surface area contributed by atoms with Gasteiger partial charge in [0.05, 0.1) is 5.92 Å². The van der Waals surface area contributed by atoms with Gasteiger partial charge < -0.3 is 10.6 Å². The van der Waals surface area contributed by atoms with Crippen molar-refractivity contribution < 1.29 is 9.59 Å². The first kappa shape index (κ1) is 15.0. The Morgan fingerprint density at radius 3 is 2.65 bits per heavy atom. The number of primary amides is 1. The van der Waals surface area contributed by atoms with E-state index in [0.717, 1.165) is 22.9 Å². The van der Waals surface area contributed by atoms with Crippen molar-refractivity contribution in [3.8, 4) is 0 Å². The average molecular weight is 339 g/mol. The molecule has 1 aromatic rings. The van der Waals surface area contributed by atoms with Crippen LogP contribution in [0.5, 0.6) is 0 Å². The first-order chi connectivity index (χ1) is 9.40. The van der Waals surface area contributed by atoms with Gasteiger partial charge in [0.25, 0.3) is 5.91 Å². The van der Waals surface area contributed by atoms with Crippen molar-refractivity contribution in [1.82, 2.24) is 4.90 Å². The third kappa shape index (κ3) is 3.03. The SMILES string of the molecule is Cc1cc(Br)ccc1C(=O)N1CC(C(N)=O)CCC1C. The minimum atomic E-state index is -0.317. The van der Waals surface area contributed by atoms with E-state index in [1.165, 1.54) is 0 Å². The highest BCUT2D eigenvalue weighted by molar-refractivity contribution is 9.10. The molecule has 2 rings (SSSR count). The fourth-order valence-electron chi connectivity index (χ4n) is 2.64. The van der Waals surface area contributed by atoms with Gasteiger partial charge in [-0.1, -0.05) is 15.9 Å². The Morgan fingerprint density at radius 2 is 2.05 bits per heavy atom. The van der Waals surface area contributed by atoms with Crippen LogP contribution in [0, 0.1) is 12.8 Å². The maximum Gasteiger partial charge on any atom is 0.254 e. The minimum Gasteiger partial charge on any atom is -0.369 e. The van der Waals surface area contributed by atoms with Crippen molar-refractivity contribution in [2.45, 2.75) is 32.7 Å². The lowest BCUT2D eigenvalue weighted by molar-refractivity contribution is -0.123. The van der Waals surface area contributed by atoms with E-state index in [1.807, 2.05) is 32.0 Å². The Hall–Kier alpha value is -1.36. The number of halogens is 1. The smallest absolute Gasteiger partial charge is 0.254 e. The van der Waals surface area contributed by atoms with E-state index in [0.29, 0.717) is 12.1 Å². The zero-order valence-corrected chi connectivity index (χ0v) is 13.3. The van der Waals surface area contributed by atoms with E-state index in [-0.39, 0.29) is 23.8 Å². The normalized spacial score (nSPS) is 22.6. The summed E-state index contributed by atoms with van der Waals surface area (Å²) >= 11 is 3.40. The third-order valence-corrected chi connectivity index (χ3v) is 4.46. The Bertz CT molecular complexity index is 545. The molecule has 0 radical (unpaired) electrons. The second-order valence-electron chi connectivity index (χ2n) is 5.44. The molecule has 1 aliphatic rings. The van der Waals surface area contributed by atoms with Crippen LogP contribution in [0.15, 0.2) is 22.7 Å². The molecule has 0 aromatic heterocycles. The van der Waals surface area contributed by atoms with Crippen LogP contribution in [0.4, 0.5) is 0 Å². The average Bonchev–Trinajstić information content (AvgIpc) is 2.38. The molecule has 2 N–H and O–H groups in total. The largest absolute Gasteiger partial charge is 0.369 e. The summed E-state index contributed by atoms with van der Waals surface area (Å²) in [7, 11) is 0. The summed E-state index contributed by atoms with van der Waals surface area (Å²) in [6.45, 7) is 4.35. The van der Waals surface area contributed by atoms with Gasteiger partial charge in [-0.15, -0.1) is 0 Å². The number of amides is 2. The highest BCUT2D eigenvalue weighted by Gasteiger charge is 2.32. The van der Waals surface area contributed by atoms with Crippen LogP contribution in [-0.4, -0.2) is 29.3 Å². The lowest BCUT2D eigenvalue weighted by Gasteiger charge is -2.37. The molecule has 1 aliphatic heterocycles. The van der Waals surface area contributed by atoms with Gasteiger partial charge in [-0.25, -0.2) is 0 Å². The monoisotopic (exact) mass is 338 g/mol. The Morgan fingerprint density at radius 1 is 1.35 bits per heavy atom. The Labute approximate surface area is 127 Å². The second-order valence-corrected chi connectivity index (χ2v) is 6.36. The number of benzene rings is 1. The maximum atomic E-state index is 12.7. The lowest BCUT2D eigenvalue weighted by atomic mass is 9.92. The predicted molar refractivity (Wildman–Crippen MR) is 81.3 cm³/mol. The molecule has 0 spiro atoms. The zero-order valence-electron chi connectivity index (χ0n) is 11.7. The number of hydrogen-bond donors (Lipinski definition) is 1. The molecular formula is C15H19BrN2O2. The van der Waals surface area contributed by atoms with E-state index < -0.39 is 0 Å². The van der Waals surface area contributed by atoms with Gasteiger partial charge in [-0.2, -0.15) is 0 Å². The van der Waals surface area contributed by atoms with Gasteiger partial charge in [0, 0.05) is 22.6 Å². The highest BCUT2D eigenvalue weighted by Crippen LogP contribution is 2.25. The van der Waals surface area contributed by atoms with Crippen LogP contribution in [0.3, 0.4) is 0 Å². The van der Waals surface area contributed by atoms with E-state index in [2.05, 4.69) is 15.9 Å². The third-order valence-electron chi connectivity index (χ3n) is 3.96. The van der Waals surface area contributed by atoms with Gasteiger partial charge in [0.15, 0.2) is 0 Å². The number of aryl methyl sites for hydroxylation is 1. The highest BCUT2D eigenvalue weighted by atomic mass is 79.9. The number of rotatable bonds is 2. The fourth-order valence-corrected chi connectivity index (χ4v) is 3.12. The summed E-state index contributed by atoms with van der Waals surface area (Å²) in [6.07, 6.45) is 1.58. The molecule has 1 saturated heterocycles. The quantitative estimate of drug-likeness (QED) is 0.900. The standard InChI is InChI=1S/C15H19BrN2O2/c1-9-7-12(16)5-6-13(9)15(20)18-8-11(14(17)19)4-3-10(18)2/h5-7,10-11H,3-4,8H2,1-2H3,(H2,17,19). The molecule has 1 heterocycles. The van der Waals surface area contributed by atoms with E-state index in [9.17, 15) is 9.59 Å². The Kier molecular flexibility index (Phi) is 4.48. The van der Waals surface area contributed by atoms with Crippen molar-refractivity contribution in [3.63, 3.8) is 0 Å². The van der Waals surface area contributed by atoms with Crippen molar-refractivity contribution >= 4 is 27.7 Å². The number of carbonyl (C=O) groups excluding carboxylic acids is 2. The van der Waals surface area contributed by atoms with Crippen molar-refractivity contribution in [1.29, 1.82) is 0 Å². The number of piperidine rings is 1. The zero-order chi connectivity index (χ0) is 14.9. The van der Waals surface area contributed by atoms with Crippen molar-refractivity contribution in [2.75, 3.05) is 6.54 Å². The van der Waals surface area contributed by atoms with Crippen LogP contribution >= 0.6 is 15.9 Å². The van der Waals surface area contributed by atoms with E-state index in [4.69, 9.17) is 5.73 Å². The summed E-state index contributed by atoms with van der Waals surface area (Å²) in [5.41, 5.74) is 6.99.